The lowest BCUT2D eigenvalue weighted by Gasteiger charge is -2.32. The van der Waals surface area contributed by atoms with Crippen molar-refractivity contribution in [3.05, 3.63) is 92.9 Å². The van der Waals surface area contributed by atoms with Gasteiger partial charge in [0.15, 0.2) is 0 Å². The van der Waals surface area contributed by atoms with Gasteiger partial charge in [-0.2, -0.15) is 0 Å². The predicted molar refractivity (Wildman–Crippen MR) is 159 cm³/mol. The van der Waals surface area contributed by atoms with Crippen LogP contribution in [0.5, 0.6) is 0 Å². The van der Waals surface area contributed by atoms with Crippen molar-refractivity contribution in [2.45, 2.75) is 38.3 Å². The van der Waals surface area contributed by atoms with E-state index in [4.69, 9.17) is 23.2 Å². The topological polar surface area (TPSA) is 86.8 Å². The summed E-state index contributed by atoms with van der Waals surface area (Å²) in [5.74, 6) is -0.692. The van der Waals surface area contributed by atoms with Gasteiger partial charge in [-0.15, -0.1) is 0 Å². The molecule has 39 heavy (non-hydrogen) atoms. The number of carbonyl (C=O) groups excluding carboxylic acids is 2. The number of sulfonamides is 1. The molecular weight excluding hydrogens is 625 g/mol. The molecule has 0 saturated heterocycles. The van der Waals surface area contributed by atoms with E-state index < -0.39 is 28.5 Å². The molecule has 0 unspecified atom stereocenters. The van der Waals surface area contributed by atoms with Crippen LogP contribution in [0.25, 0.3) is 0 Å². The molecule has 3 aromatic rings. The molecule has 0 saturated carbocycles. The maximum Gasteiger partial charge on any atom is 0.264 e. The van der Waals surface area contributed by atoms with Gasteiger partial charge in [-0.1, -0.05) is 83.3 Å². The molecule has 0 spiro atoms. The van der Waals surface area contributed by atoms with Crippen molar-refractivity contribution >= 4 is 66.7 Å². The van der Waals surface area contributed by atoms with E-state index in [0.29, 0.717) is 6.54 Å². The highest BCUT2D eigenvalue weighted by Gasteiger charge is 2.32. The number of nitrogens with one attached hydrogen (secondary N) is 1. The summed E-state index contributed by atoms with van der Waals surface area (Å²) in [7, 11) is -4.20. The smallest absolute Gasteiger partial charge is 0.264 e. The van der Waals surface area contributed by atoms with Crippen molar-refractivity contribution in [2.24, 2.45) is 5.92 Å². The van der Waals surface area contributed by atoms with E-state index in [2.05, 4.69) is 21.2 Å². The lowest BCUT2D eigenvalue weighted by molar-refractivity contribution is -0.139. The first kappa shape index (κ1) is 30.9. The van der Waals surface area contributed by atoms with Crippen LogP contribution >= 0.6 is 39.1 Å². The maximum absolute atomic E-state index is 13.9. The third-order valence-corrected chi connectivity index (χ3v) is 8.56. The fourth-order valence-corrected chi connectivity index (χ4v) is 6.18. The first-order chi connectivity index (χ1) is 18.4. The van der Waals surface area contributed by atoms with Crippen molar-refractivity contribution in [1.29, 1.82) is 0 Å². The minimum Gasteiger partial charge on any atom is -0.354 e. The first-order valence-corrected chi connectivity index (χ1v) is 15.2. The van der Waals surface area contributed by atoms with Gasteiger partial charge in [0.05, 0.1) is 10.6 Å². The van der Waals surface area contributed by atoms with E-state index in [9.17, 15) is 18.0 Å². The maximum atomic E-state index is 13.9. The summed E-state index contributed by atoms with van der Waals surface area (Å²) in [6, 6.07) is 18.6. The van der Waals surface area contributed by atoms with Crippen LogP contribution in [0, 0.1) is 5.92 Å². The molecule has 1 atom stereocenters. The number of hydrogen-bond acceptors (Lipinski definition) is 4. The average Bonchev–Trinajstić information content (AvgIpc) is 2.88. The Morgan fingerprint density at radius 1 is 0.923 bits per heavy atom. The number of hydrogen-bond donors (Lipinski definition) is 1. The van der Waals surface area contributed by atoms with Crippen LogP contribution in [-0.4, -0.2) is 44.3 Å². The highest BCUT2D eigenvalue weighted by molar-refractivity contribution is 9.10. The van der Waals surface area contributed by atoms with E-state index in [1.807, 2.05) is 38.1 Å². The minimum absolute atomic E-state index is 0.00448. The minimum atomic E-state index is -4.20. The van der Waals surface area contributed by atoms with Gasteiger partial charge in [0, 0.05) is 27.6 Å². The third-order valence-electron chi connectivity index (χ3n) is 5.84. The zero-order valence-corrected chi connectivity index (χ0v) is 25.7. The SMILES string of the molecule is CC(C)CNC(=O)[C@H](C)N(Cc1cccc(Br)c1)C(=O)CN(c1cc(Cl)cc(Cl)c1)S(=O)(=O)c1ccccc1. The van der Waals surface area contributed by atoms with Crippen molar-refractivity contribution in [3.63, 3.8) is 0 Å². The summed E-state index contributed by atoms with van der Waals surface area (Å²) in [6.07, 6.45) is 0. The largest absolute Gasteiger partial charge is 0.354 e. The zero-order chi connectivity index (χ0) is 28.7. The molecule has 0 aromatic heterocycles. The van der Waals surface area contributed by atoms with Crippen LogP contribution in [0.2, 0.25) is 10.0 Å². The zero-order valence-electron chi connectivity index (χ0n) is 21.8. The van der Waals surface area contributed by atoms with Gasteiger partial charge in [-0.3, -0.25) is 13.9 Å². The standard InChI is InChI=1S/C28H30BrCl2N3O4S/c1-19(2)16-32-28(36)20(3)33(17-21-8-7-9-22(29)12-21)27(35)18-34(25-14-23(30)13-24(31)15-25)39(37,38)26-10-5-4-6-11-26/h4-15,19-20H,16-18H2,1-3H3,(H,32,36)/t20-/m0/s1. The second kappa shape index (κ2) is 13.7. The molecule has 0 heterocycles. The first-order valence-electron chi connectivity index (χ1n) is 12.2. The molecule has 11 heteroatoms. The van der Waals surface area contributed by atoms with E-state index in [1.165, 1.54) is 35.2 Å². The molecule has 0 aliphatic rings. The molecule has 1 N–H and O–H groups in total. The van der Waals surface area contributed by atoms with Crippen LogP contribution in [0.3, 0.4) is 0 Å². The predicted octanol–water partition coefficient (Wildman–Crippen LogP) is 6.14. The third kappa shape index (κ3) is 8.45. The van der Waals surface area contributed by atoms with Crippen LogP contribution in [0.4, 0.5) is 5.69 Å². The lowest BCUT2D eigenvalue weighted by Crippen LogP contribution is -2.51. The molecule has 0 aliphatic heterocycles. The number of amides is 2. The Morgan fingerprint density at radius 3 is 2.15 bits per heavy atom. The van der Waals surface area contributed by atoms with Gasteiger partial charge in [-0.25, -0.2) is 8.42 Å². The Labute approximate surface area is 248 Å². The lowest BCUT2D eigenvalue weighted by atomic mass is 10.1. The summed E-state index contributed by atoms with van der Waals surface area (Å²) in [4.78, 5) is 28.3. The quantitative estimate of drug-likeness (QED) is 0.269. The van der Waals surface area contributed by atoms with Crippen LogP contribution in [0.1, 0.15) is 26.3 Å². The summed E-state index contributed by atoms with van der Waals surface area (Å²) in [6.45, 7) is 5.51. The van der Waals surface area contributed by atoms with E-state index >= 15 is 0 Å². The number of carbonyl (C=O) groups is 2. The Bertz CT molecular complexity index is 1400. The van der Waals surface area contributed by atoms with Crippen molar-refractivity contribution in [2.75, 3.05) is 17.4 Å². The molecule has 208 valence electrons. The highest BCUT2D eigenvalue weighted by atomic mass is 79.9. The number of rotatable bonds is 11. The van der Waals surface area contributed by atoms with Crippen LogP contribution < -0.4 is 9.62 Å². The average molecular weight is 655 g/mol. The van der Waals surface area contributed by atoms with Crippen molar-refractivity contribution in [1.82, 2.24) is 10.2 Å². The second-order valence-corrected chi connectivity index (χ2v) is 13.1. The van der Waals surface area contributed by atoms with Gasteiger partial charge < -0.3 is 10.2 Å². The van der Waals surface area contributed by atoms with Crippen molar-refractivity contribution in [3.8, 4) is 0 Å². The van der Waals surface area contributed by atoms with Crippen molar-refractivity contribution < 1.29 is 18.0 Å². The number of halogens is 3. The molecule has 7 nitrogen and oxygen atoms in total. The van der Waals surface area contributed by atoms with Crippen LogP contribution in [0.15, 0.2) is 82.2 Å². The molecule has 2 amide bonds. The fraction of sp³-hybridized carbons (Fsp3) is 0.286. The Balaban J connectivity index is 2.03. The molecule has 3 aromatic carbocycles. The highest BCUT2D eigenvalue weighted by Crippen LogP contribution is 2.30. The van der Waals surface area contributed by atoms with Gasteiger partial charge >= 0.3 is 0 Å². The number of nitrogens with zero attached hydrogens (tertiary/aromatic N) is 2. The van der Waals surface area contributed by atoms with Gasteiger partial charge in [0.1, 0.15) is 12.6 Å². The molecule has 3 rings (SSSR count). The fourth-order valence-electron chi connectivity index (χ4n) is 3.80. The molecule has 0 fully saturated rings. The second-order valence-electron chi connectivity index (χ2n) is 9.42. The summed E-state index contributed by atoms with van der Waals surface area (Å²) in [5.41, 5.74) is 0.897. The summed E-state index contributed by atoms with van der Waals surface area (Å²) in [5, 5.41) is 3.29. The number of benzene rings is 3. The molecule has 0 aliphatic carbocycles. The molecule has 0 radical (unpaired) electrons. The van der Waals surface area contributed by atoms with Crippen LogP contribution in [-0.2, 0) is 26.2 Å². The Kier molecular flexibility index (Phi) is 10.8. The summed E-state index contributed by atoms with van der Waals surface area (Å²) < 4.78 is 29.3. The van der Waals surface area contributed by atoms with E-state index in [1.54, 1.807) is 25.1 Å². The van der Waals surface area contributed by atoms with E-state index in [-0.39, 0.29) is 39.0 Å². The molecule has 0 bridgehead atoms. The van der Waals surface area contributed by atoms with Gasteiger partial charge in [0.25, 0.3) is 10.0 Å². The molecular formula is C28H30BrCl2N3O4S. The normalized spacial score (nSPS) is 12.2. The number of anilines is 1. The Hall–Kier alpha value is -2.59. The summed E-state index contributed by atoms with van der Waals surface area (Å²) >= 11 is 15.8. The van der Waals surface area contributed by atoms with Gasteiger partial charge in [-0.05, 0) is 60.9 Å². The van der Waals surface area contributed by atoms with Gasteiger partial charge in [0.2, 0.25) is 11.8 Å². The van der Waals surface area contributed by atoms with E-state index in [0.717, 1.165) is 14.3 Å². The Morgan fingerprint density at radius 2 is 1.56 bits per heavy atom. The monoisotopic (exact) mass is 653 g/mol.